The molecule has 1 aliphatic heterocycles. The third kappa shape index (κ3) is 1.30. The van der Waals surface area contributed by atoms with Crippen molar-refractivity contribution in [1.29, 1.82) is 5.26 Å². The van der Waals surface area contributed by atoms with Crippen LogP contribution in [-0.4, -0.2) is 22.9 Å². The second-order valence-electron chi connectivity index (χ2n) is 5.41. The van der Waals surface area contributed by atoms with Gasteiger partial charge in [-0.15, -0.1) is 0 Å². The van der Waals surface area contributed by atoms with Crippen molar-refractivity contribution >= 4 is 5.91 Å². The molecule has 0 spiro atoms. The summed E-state index contributed by atoms with van der Waals surface area (Å²) in [6.45, 7) is 5.75. The van der Waals surface area contributed by atoms with Gasteiger partial charge in [0, 0.05) is 11.5 Å². The normalized spacial score (nSPS) is 35.0. The topological polar surface area (TPSA) is 44.1 Å². The minimum atomic E-state index is -0.355. The molecule has 0 bridgehead atoms. The molecule has 1 saturated carbocycles. The number of carbonyl (C=O) groups is 1. The monoisotopic (exact) mass is 192 g/mol. The molecule has 2 aliphatic rings. The zero-order valence-electron chi connectivity index (χ0n) is 8.95. The van der Waals surface area contributed by atoms with Gasteiger partial charge in [-0.25, -0.2) is 0 Å². The Balaban J connectivity index is 2.17. The number of hydrogen-bond acceptors (Lipinski definition) is 2. The zero-order valence-corrected chi connectivity index (χ0v) is 8.95. The molecule has 0 radical (unpaired) electrons. The molecule has 1 aliphatic carbocycles. The standard InChI is InChI=1S/C11H16N2O/c1-11(2,3)10(14)13-8(6-12)4-7-5-9(7)13/h7-9H,4-5H2,1-3H3/t7-,8+,9+/m1/s1. The van der Waals surface area contributed by atoms with Gasteiger partial charge >= 0.3 is 0 Å². The van der Waals surface area contributed by atoms with E-state index in [1.807, 2.05) is 25.7 Å². The second kappa shape index (κ2) is 2.73. The number of rotatable bonds is 0. The van der Waals surface area contributed by atoms with Crippen LogP contribution in [0.1, 0.15) is 33.6 Å². The van der Waals surface area contributed by atoms with E-state index < -0.39 is 0 Å². The molecule has 1 amide bonds. The molecule has 2 fully saturated rings. The van der Waals surface area contributed by atoms with Crippen LogP contribution in [0.15, 0.2) is 0 Å². The van der Waals surface area contributed by atoms with E-state index in [1.165, 1.54) is 0 Å². The van der Waals surface area contributed by atoms with E-state index in [0.717, 1.165) is 12.8 Å². The smallest absolute Gasteiger partial charge is 0.229 e. The van der Waals surface area contributed by atoms with E-state index >= 15 is 0 Å². The first-order valence-corrected chi connectivity index (χ1v) is 5.17. The number of hydrogen-bond donors (Lipinski definition) is 0. The van der Waals surface area contributed by atoms with Gasteiger partial charge in [-0.2, -0.15) is 5.26 Å². The van der Waals surface area contributed by atoms with Crippen LogP contribution in [0.5, 0.6) is 0 Å². The van der Waals surface area contributed by atoms with Crippen molar-refractivity contribution in [2.45, 2.75) is 45.7 Å². The summed E-state index contributed by atoms with van der Waals surface area (Å²) in [7, 11) is 0. The van der Waals surface area contributed by atoms with Crippen molar-refractivity contribution in [3.8, 4) is 6.07 Å². The third-order valence-electron chi connectivity index (χ3n) is 3.13. The van der Waals surface area contributed by atoms with Gasteiger partial charge in [-0.1, -0.05) is 20.8 Å². The van der Waals surface area contributed by atoms with E-state index in [-0.39, 0.29) is 17.4 Å². The molecule has 3 atom stereocenters. The van der Waals surface area contributed by atoms with Crippen LogP contribution >= 0.6 is 0 Å². The fourth-order valence-corrected chi connectivity index (χ4v) is 2.25. The van der Waals surface area contributed by atoms with Crippen molar-refractivity contribution in [3.63, 3.8) is 0 Å². The number of piperidine rings is 1. The van der Waals surface area contributed by atoms with Crippen molar-refractivity contribution in [2.24, 2.45) is 11.3 Å². The van der Waals surface area contributed by atoms with Crippen LogP contribution in [0.4, 0.5) is 0 Å². The summed E-state index contributed by atoms with van der Waals surface area (Å²) in [6, 6.07) is 2.45. The van der Waals surface area contributed by atoms with Gasteiger partial charge in [-0.3, -0.25) is 4.79 Å². The lowest BCUT2D eigenvalue weighted by molar-refractivity contribution is -0.140. The van der Waals surface area contributed by atoms with Crippen LogP contribution < -0.4 is 0 Å². The number of nitrogens with zero attached hydrogens (tertiary/aromatic N) is 2. The maximum absolute atomic E-state index is 12.0. The van der Waals surface area contributed by atoms with E-state index in [0.29, 0.717) is 12.0 Å². The number of likely N-dealkylation sites (tertiary alicyclic amines) is 1. The Morgan fingerprint density at radius 2 is 2.07 bits per heavy atom. The lowest BCUT2D eigenvalue weighted by Crippen LogP contribution is -2.44. The highest BCUT2D eigenvalue weighted by Gasteiger charge is 2.55. The second-order valence-corrected chi connectivity index (χ2v) is 5.41. The fraction of sp³-hybridized carbons (Fsp3) is 0.818. The first-order valence-electron chi connectivity index (χ1n) is 5.17. The molecule has 0 N–H and O–H groups in total. The number of fused-ring (bicyclic) bond motifs is 1. The van der Waals surface area contributed by atoms with Crippen molar-refractivity contribution < 1.29 is 4.79 Å². The molecule has 76 valence electrons. The molecular weight excluding hydrogens is 176 g/mol. The molecule has 0 aromatic carbocycles. The lowest BCUT2D eigenvalue weighted by Gasteiger charge is -2.29. The Hall–Kier alpha value is -1.04. The molecular formula is C11H16N2O. The molecule has 0 aromatic heterocycles. The Bertz CT molecular complexity index is 310. The van der Waals surface area contributed by atoms with Gasteiger partial charge in [0.2, 0.25) is 5.91 Å². The Labute approximate surface area is 84.7 Å². The van der Waals surface area contributed by atoms with Gasteiger partial charge in [0.1, 0.15) is 6.04 Å². The summed E-state index contributed by atoms with van der Waals surface area (Å²) in [5.41, 5.74) is -0.355. The third-order valence-corrected chi connectivity index (χ3v) is 3.13. The maximum atomic E-state index is 12.0. The summed E-state index contributed by atoms with van der Waals surface area (Å²) in [6.07, 6.45) is 2.00. The van der Waals surface area contributed by atoms with Gasteiger partial charge in [-0.05, 0) is 18.8 Å². The van der Waals surface area contributed by atoms with Gasteiger partial charge < -0.3 is 4.90 Å². The van der Waals surface area contributed by atoms with Crippen molar-refractivity contribution in [1.82, 2.24) is 4.90 Å². The van der Waals surface area contributed by atoms with Crippen molar-refractivity contribution in [3.05, 3.63) is 0 Å². The molecule has 3 heteroatoms. The van der Waals surface area contributed by atoms with Crippen molar-refractivity contribution in [2.75, 3.05) is 0 Å². The molecule has 0 unspecified atom stereocenters. The molecule has 14 heavy (non-hydrogen) atoms. The minimum Gasteiger partial charge on any atom is -0.323 e. The highest BCUT2D eigenvalue weighted by atomic mass is 16.2. The average molecular weight is 192 g/mol. The number of carbonyl (C=O) groups excluding carboxylic acids is 1. The zero-order chi connectivity index (χ0) is 10.5. The molecule has 3 nitrogen and oxygen atoms in total. The van der Waals surface area contributed by atoms with Crippen LogP contribution in [0.3, 0.4) is 0 Å². The highest BCUT2D eigenvalue weighted by molar-refractivity contribution is 5.83. The summed E-state index contributed by atoms with van der Waals surface area (Å²) >= 11 is 0. The van der Waals surface area contributed by atoms with Crippen LogP contribution in [0.2, 0.25) is 0 Å². The van der Waals surface area contributed by atoms with E-state index in [4.69, 9.17) is 5.26 Å². The van der Waals surface area contributed by atoms with Crippen LogP contribution in [0, 0.1) is 22.7 Å². The average Bonchev–Trinajstić information content (AvgIpc) is 2.75. The summed E-state index contributed by atoms with van der Waals surface area (Å²) < 4.78 is 0. The number of amides is 1. The quantitative estimate of drug-likeness (QED) is 0.584. The Morgan fingerprint density at radius 1 is 1.43 bits per heavy atom. The SMILES string of the molecule is CC(C)(C)C(=O)N1[C@H](C#N)C[C@@H]2C[C@@H]21. The largest absolute Gasteiger partial charge is 0.323 e. The van der Waals surface area contributed by atoms with Crippen LogP contribution in [0.25, 0.3) is 0 Å². The summed E-state index contributed by atoms with van der Waals surface area (Å²) in [5.74, 6) is 0.750. The fourth-order valence-electron chi connectivity index (χ4n) is 2.25. The van der Waals surface area contributed by atoms with E-state index in [9.17, 15) is 4.79 Å². The first kappa shape index (κ1) is 9.51. The summed E-state index contributed by atoms with van der Waals surface area (Å²) in [5, 5.41) is 8.95. The van der Waals surface area contributed by atoms with Gasteiger partial charge in [0.25, 0.3) is 0 Å². The number of nitriles is 1. The maximum Gasteiger partial charge on any atom is 0.229 e. The predicted molar refractivity (Wildman–Crippen MR) is 52.2 cm³/mol. The first-order chi connectivity index (χ1) is 6.45. The molecule has 1 saturated heterocycles. The molecule has 1 heterocycles. The predicted octanol–water partition coefficient (Wildman–Crippen LogP) is 1.55. The van der Waals surface area contributed by atoms with Gasteiger partial charge in [0.15, 0.2) is 0 Å². The lowest BCUT2D eigenvalue weighted by atomic mass is 9.94. The Morgan fingerprint density at radius 3 is 2.57 bits per heavy atom. The summed E-state index contributed by atoms with van der Waals surface area (Å²) in [4.78, 5) is 13.9. The molecule has 2 rings (SSSR count). The van der Waals surface area contributed by atoms with Crippen LogP contribution in [-0.2, 0) is 4.79 Å². The highest BCUT2D eigenvalue weighted by Crippen LogP contribution is 2.48. The van der Waals surface area contributed by atoms with Gasteiger partial charge in [0.05, 0.1) is 6.07 Å². The van der Waals surface area contributed by atoms with E-state index in [2.05, 4.69) is 6.07 Å². The minimum absolute atomic E-state index is 0.133. The molecule has 0 aromatic rings. The van der Waals surface area contributed by atoms with E-state index in [1.54, 1.807) is 0 Å². The Kier molecular flexibility index (Phi) is 1.85.